The Morgan fingerprint density at radius 3 is 2.39 bits per heavy atom. The molecule has 0 aliphatic carbocycles. The number of aromatic hydroxyl groups is 1. The molecule has 2 aromatic carbocycles. The lowest BCUT2D eigenvalue weighted by Gasteiger charge is -2.25. The molecule has 150 valence electrons. The van der Waals surface area contributed by atoms with Gasteiger partial charge in [-0.15, -0.1) is 0 Å². The minimum atomic E-state index is -3.43. The van der Waals surface area contributed by atoms with Crippen LogP contribution in [0.2, 0.25) is 0 Å². The molecule has 0 aromatic heterocycles. The molecule has 2 aromatic rings. The molecule has 28 heavy (non-hydrogen) atoms. The lowest BCUT2D eigenvalue weighted by Crippen LogP contribution is -2.35. The van der Waals surface area contributed by atoms with Gasteiger partial charge in [-0.1, -0.05) is 24.6 Å². The number of amides is 1. The van der Waals surface area contributed by atoms with Crippen LogP contribution in [0.25, 0.3) is 0 Å². The highest BCUT2D eigenvalue weighted by Crippen LogP contribution is 2.24. The van der Waals surface area contributed by atoms with Crippen LogP contribution in [0.4, 0.5) is 5.69 Å². The summed E-state index contributed by atoms with van der Waals surface area (Å²) >= 11 is 0. The molecule has 7 heteroatoms. The fraction of sp³-hybridized carbons (Fsp3) is 0.381. The van der Waals surface area contributed by atoms with Crippen molar-refractivity contribution in [3.63, 3.8) is 0 Å². The van der Waals surface area contributed by atoms with E-state index in [1.807, 2.05) is 13.0 Å². The van der Waals surface area contributed by atoms with E-state index in [1.54, 1.807) is 40.7 Å². The second-order valence-electron chi connectivity index (χ2n) is 7.18. The molecule has 1 aliphatic heterocycles. The van der Waals surface area contributed by atoms with Crippen molar-refractivity contribution in [2.24, 2.45) is 0 Å². The molecule has 0 spiro atoms. The summed E-state index contributed by atoms with van der Waals surface area (Å²) in [5.74, 6) is -0.162. The number of phenols is 1. The van der Waals surface area contributed by atoms with E-state index < -0.39 is 10.0 Å². The Bertz CT molecular complexity index is 933. The normalized spacial score (nSPS) is 15.3. The topological polar surface area (TPSA) is 86.7 Å². The molecule has 1 heterocycles. The minimum Gasteiger partial charge on any atom is -0.506 e. The number of sulfonamides is 1. The summed E-state index contributed by atoms with van der Waals surface area (Å²) in [7, 11) is -3.43. The number of carbonyl (C=O) groups excluding carboxylic acids is 1. The standard InChI is InChI=1S/C21H26N2O4S/c1-16-5-11-19(20(24)15-16)22-21(25)12-8-17-6-9-18(10-7-17)28(26,27)23-13-3-2-4-14-23/h5-7,9-11,15,24H,2-4,8,12-14H2,1H3,(H,22,25). The average Bonchev–Trinajstić information content (AvgIpc) is 2.69. The van der Waals surface area contributed by atoms with Crippen LogP contribution < -0.4 is 5.32 Å². The van der Waals surface area contributed by atoms with Crippen molar-refractivity contribution in [3.05, 3.63) is 53.6 Å². The molecule has 1 saturated heterocycles. The summed E-state index contributed by atoms with van der Waals surface area (Å²) in [6.45, 7) is 3.02. The number of nitrogens with one attached hydrogen (secondary N) is 1. The third-order valence-electron chi connectivity index (χ3n) is 4.94. The fourth-order valence-corrected chi connectivity index (χ4v) is 4.82. The van der Waals surface area contributed by atoms with Crippen molar-refractivity contribution >= 4 is 21.6 Å². The van der Waals surface area contributed by atoms with E-state index in [-0.39, 0.29) is 18.1 Å². The Hall–Kier alpha value is -2.38. The summed E-state index contributed by atoms with van der Waals surface area (Å²) in [4.78, 5) is 12.4. The van der Waals surface area contributed by atoms with Gasteiger partial charge in [-0.25, -0.2) is 8.42 Å². The predicted molar refractivity (Wildman–Crippen MR) is 109 cm³/mol. The van der Waals surface area contributed by atoms with Crippen LogP contribution in [0.5, 0.6) is 5.75 Å². The molecule has 0 bridgehead atoms. The molecular formula is C21H26N2O4S. The first-order chi connectivity index (χ1) is 13.4. The molecule has 0 atom stereocenters. The third kappa shape index (κ3) is 4.91. The number of phenolic OH excluding ortho intramolecular Hbond substituents is 1. The van der Waals surface area contributed by atoms with Gasteiger partial charge in [0, 0.05) is 19.5 Å². The zero-order chi connectivity index (χ0) is 20.1. The molecule has 1 aliphatic rings. The van der Waals surface area contributed by atoms with E-state index in [4.69, 9.17) is 0 Å². The highest BCUT2D eigenvalue weighted by atomic mass is 32.2. The molecule has 3 rings (SSSR count). The number of aryl methyl sites for hydroxylation is 2. The van der Waals surface area contributed by atoms with E-state index in [1.165, 1.54) is 0 Å². The van der Waals surface area contributed by atoms with E-state index in [9.17, 15) is 18.3 Å². The number of nitrogens with zero attached hydrogens (tertiary/aromatic N) is 1. The second kappa shape index (κ2) is 8.75. The van der Waals surface area contributed by atoms with Gasteiger partial charge in [0.05, 0.1) is 10.6 Å². The fourth-order valence-electron chi connectivity index (χ4n) is 3.30. The Balaban J connectivity index is 1.57. The minimum absolute atomic E-state index is 0.0422. The van der Waals surface area contributed by atoms with E-state index in [2.05, 4.69) is 5.32 Å². The lowest BCUT2D eigenvalue weighted by molar-refractivity contribution is -0.116. The second-order valence-corrected chi connectivity index (χ2v) is 9.12. The summed E-state index contributed by atoms with van der Waals surface area (Å²) in [5.41, 5.74) is 2.19. The molecule has 0 unspecified atom stereocenters. The number of hydrogen-bond donors (Lipinski definition) is 2. The number of hydrogen-bond acceptors (Lipinski definition) is 4. The van der Waals surface area contributed by atoms with Gasteiger partial charge in [0.15, 0.2) is 0 Å². The molecule has 1 amide bonds. The molecule has 1 fully saturated rings. The summed E-state index contributed by atoms with van der Waals surface area (Å²) in [5, 5.41) is 12.6. The van der Waals surface area contributed by atoms with Gasteiger partial charge in [-0.05, 0) is 61.6 Å². The van der Waals surface area contributed by atoms with Crippen LogP contribution >= 0.6 is 0 Å². The van der Waals surface area contributed by atoms with Gasteiger partial charge in [-0.2, -0.15) is 4.31 Å². The largest absolute Gasteiger partial charge is 0.506 e. The number of anilines is 1. The smallest absolute Gasteiger partial charge is 0.243 e. The van der Waals surface area contributed by atoms with E-state index in [0.717, 1.165) is 30.4 Å². The molecule has 6 nitrogen and oxygen atoms in total. The maximum absolute atomic E-state index is 12.7. The van der Waals surface area contributed by atoms with Crippen molar-refractivity contribution in [1.29, 1.82) is 0 Å². The molecule has 0 saturated carbocycles. The SMILES string of the molecule is Cc1ccc(NC(=O)CCc2ccc(S(=O)(=O)N3CCCCC3)cc2)c(O)c1. The van der Waals surface area contributed by atoms with E-state index >= 15 is 0 Å². The number of carbonyl (C=O) groups is 1. The summed E-state index contributed by atoms with van der Waals surface area (Å²) < 4.78 is 26.9. The Morgan fingerprint density at radius 2 is 1.75 bits per heavy atom. The van der Waals surface area contributed by atoms with Crippen molar-refractivity contribution in [1.82, 2.24) is 4.31 Å². The Morgan fingerprint density at radius 1 is 1.07 bits per heavy atom. The van der Waals surface area contributed by atoms with Gasteiger partial charge in [-0.3, -0.25) is 4.79 Å². The van der Waals surface area contributed by atoms with Crippen LogP contribution in [0.1, 0.15) is 36.8 Å². The van der Waals surface area contributed by atoms with Gasteiger partial charge in [0.2, 0.25) is 15.9 Å². The number of benzene rings is 2. The number of rotatable bonds is 6. The Labute approximate surface area is 166 Å². The van der Waals surface area contributed by atoms with Crippen molar-refractivity contribution < 1.29 is 18.3 Å². The quantitative estimate of drug-likeness (QED) is 0.725. The van der Waals surface area contributed by atoms with Crippen LogP contribution in [0.3, 0.4) is 0 Å². The van der Waals surface area contributed by atoms with Crippen LogP contribution in [-0.2, 0) is 21.2 Å². The maximum Gasteiger partial charge on any atom is 0.243 e. The Kier molecular flexibility index (Phi) is 6.36. The summed E-state index contributed by atoms with van der Waals surface area (Å²) in [6.07, 6.45) is 3.62. The highest BCUT2D eigenvalue weighted by molar-refractivity contribution is 7.89. The van der Waals surface area contributed by atoms with Crippen LogP contribution in [-0.4, -0.2) is 36.8 Å². The predicted octanol–water partition coefficient (Wildman–Crippen LogP) is 3.45. The lowest BCUT2D eigenvalue weighted by atomic mass is 10.1. The first kappa shape index (κ1) is 20.4. The van der Waals surface area contributed by atoms with E-state index in [0.29, 0.717) is 30.1 Å². The monoisotopic (exact) mass is 402 g/mol. The van der Waals surface area contributed by atoms with Gasteiger partial charge in [0.1, 0.15) is 5.75 Å². The van der Waals surface area contributed by atoms with Gasteiger partial charge in [0.25, 0.3) is 0 Å². The van der Waals surface area contributed by atoms with Crippen LogP contribution in [0.15, 0.2) is 47.4 Å². The van der Waals surface area contributed by atoms with Gasteiger partial charge < -0.3 is 10.4 Å². The van der Waals surface area contributed by atoms with Crippen molar-refractivity contribution in [3.8, 4) is 5.75 Å². The summed E-state index contributed by atoms with van der Waals surface area (Å²) in [6, 6.07) is 11.8. The zero-order valence-corrected chi connectivity index (χ0v) is 16.8. The van der Waals surface area contributed by atoms with Gasteiger partial charge >= 0.3 is 0 Å². The third-order valence-corrected chi connectivity index (χ3v) is 6.86. The number of piperidine rings is 1. The van der Waals surface area contributed by atoms with Crippen molar-refractivity contribution in [2.75, 3.05) is 18.4 Å². The molecular weight excluding hydrogens is 376 g/mol. The highest BCUT2D eigenvalue weighted by Gasteiger charge is 2.25. The molecule has 2 N–H and O–H groups in total. The zero-order valence-electron chi connectivity index (χ0n) is 16.0. The first-order valence-electron chi connectivity index (χ1n) is 9.55. The van der Waals surface area contributed by atoms with Crippen molar-refractivity contribution in [2.45, 2.75) is 43.9 Å². The average molecular weight is 403 g/mol. The molecule has 0 radical (unpaired) electrons. The first-order valence-corrected chi connectivity index (χ1v) is 11.0. The maximum atomic E-state index is 12.7. The van der Waals surface area contributed by atoms with Crippen LogP contribution in [0, 0.1) is 6.92 Å².